The first-order valence-corrected chi connectivity index (χ1v) is 14.4. The van der Waals surface area contributed by atoms with Crippen molar-refractivity contribution in [2.75, 3.05) is 5.32 Å². The minimum Gasteiger partial charge on any atom is -0.508 e. The number of ether oxygens (including phenoxy) is 1. The molecule has 0 saturated heterocycles. The number of carbonyl (C=O) groups excluding carboxylic acids is 3. The van der Waals surface area contributed by atoms with Crippen molar-refractivity contribution < 1.29 is 24.2 Å². The number of nitrogens with zero attached hydrogens (tertiary/aromatic N) is 1. The lowest BCUT2D eigenvalue weighted by Crippen LogP contribution is -2.57. The summed E-state index contributed by atoms with van der Waals surface area (Å²) in [5, 5.41) is 15.7. The summed E-state index contributed by atoms with van der Waals surface area (Å²) in [6.45, 7) is 9.15. The molecule has 1 saturated carbocycles. The Morgan fingerprint density at radius 1 is 0.929 bits per heavy atom. The maximum atomic E-state index is 14.6. The molecule has 3 amide bonds. The minimum atomic E-state index is -1.01. The van der Waals surface area contributed by atoms with E-state index in [1.807, 2.05) is 62.4 Å². The van der Waals surface area contributed by atoms with Gasteiger partial charge in [-0.2, -0.15) is 0 Å². The summed E-state index contributed by atoms with van der Waals surface area (Å²) in [5.41, 5.74) is 3.23. The van der Waals surface area contributed by atoms with E-state index >= 15 is 0 Å². The zero-order valence-corrected chi connectivity index (χ0v) is 25.0. The van der Waals surface area contributed by atoms with E-state index in [1.54, 1.807) is 49.9 Å². The molecule has 2 atom stereocenters. The Labute approximate surface area is 248 Å². The number of para-hydroxylation sites is 1. The molecule has 222 valence electrons. The van der Waals surface area contributed by atoms with Gasteiger partial charge in [0.15, 0.2) is 0 Å². The van der Waals surface area contributed by atoms with Gasteiger partial charge in [-0.1, -0.05) is 60.7 Å². The molecular weight excluding hydrogens is 530 g/mol. The van der Waals surface area contributed by atoms with Crippen LogP contribution in [0.25, 0.3) is 0 Å². The lowest BCUT2D eigenvalue weighted by molar-refractivity contribution is -0.145. The van der Waals surface area contributed by atoms with E-state index in [2.05, 4.69) is 10.6 Å². The van der Waals surface area contributed by atoms with E-state index in [4.69, 9.17) is 4.74 Å². The van der Waals surface area contributed by atoms with Crippen molar-refractivity contribution >= 4 is 23.6 Å². The first kappa shape index (κ1) is 30.6. The molecule has 2 unspecified atom stereocenters. The van der Waals surface area contributed by atoms with Gasteiger partial charge in [0.1, 0.15) is 23.4 Å². The highest BCUT2D eigenvalue weighted by Gasteiger charge is 2.42. The maximum Gasteiger partial charge on any atom is 0.408 e. The van der Waals surface area contributed by atoms with E-state index in [-0.39, 0.29) is 30.0 Å². The molecule has 1 aliphatic rings. The highest BCUT2D eigenvalue weighted by Crippen LogP contribution is 2.35. The van der Waals surface area contributed by atoms with Crippen molar-refractivity contribution in [3.63, 3.8) is 0 Å². The monoisotopic (exact) mass is 571 g/mol. The van der Waals surface area contributed by atoms with Gasteiger partial charge in [0.05, 0.1) is 0 Å². The number of benzene rings is 3. The molecule has 0 heterocycles. The molecule has 0 radical (unpaired) electrons. The van der Waals surface area contributed by atoms with Crippen LogP contribution in [0.1, 0.15) is 68.3 Å². The number of rotatable bonds is 9. The van der Waals surface area contributed by atoms with E-state index in [1.165, 1.54) is 0 Å². The lowest BCUT2D eigenvalue weighted by Gasteiger charge is -2.43. The number of aromatic hydroxyl groups is 1. The van der Waals surface area contributed by atoms with Gasteiger partial charge in [-0.05, 0) is 88.3 Å². The van der Waals surface area contributed by atoms with Crippen LogP contribution in [0.5, 0.6) is 5.75 Å². The third kappa shape index (κ3) is 7.69. The number of phenolic OH excluding ortho intramolecular Hbond substituents is 1. The second kappa shape index (κ2) is 13.1. The first-order chi connectivity index (χ1) is 19.9. The molecule has 0 bridgehead atoms. The molecule has 3 N–H and O–H groups in total. The molecule has 1 fully saturated rings. The van der Waals surface area contributed by atoms with Crippen LogP contribution in [0.3, 0.4) is 0 Å². The summed E-state index contributed by atoms with van der Waals surface area (Å²) in [6.07, 6.45) is 1.89. The third-order valence-electron chi connectivity index (χ3n) is 7.46. The van der Waals surface area contributed by atoms with Gasteiger partial charge in [0, 0.05) is 18.2 Å². The molecule has 42 heavy (non-hydrogen) atoms. The van der Waals surface area contributed by atoms with Crippen molar-refractivity contribution in [1.82, 2.24) is 10.2 Å². The summed E-state index contributed by atoms with van der Waals surface area (Å²) in [5.74, 6) is -0.589. The van der Waals surface area contributed by atoms with Crippen LogP contribution in [0.4, 0.5) is 10.5 Å². The van der Waals surface area contributed by atoms with E-state index < -0.39 is 23.8 Å². The second-order valence-electron chi connectivity index (χ2n) is 12.0. The van der Waals surface area contributed by atoms with Gasteiger partial charge in [-0.3, -0.25) is 9.59 Å². The number of amides is 3. The summed E-state index contributed by atoms with van der Waals surface area (Å²) < 4.78 is 5.51. The van der Waals surface area contributed by atoms with Crippen molar-refractivity contribution in [3.05, 3.63) is 95.1 Å². The van der Waals surface area contributed by atoms with Crippen LogP contribution in [-0.2, 0) is 20.7 Å². The van der Waals surface area contributed by atoms with Gasteiger partial charge in [0.25, 0.3) is 5.91 Å². The van der Waals surface area contributed by atoms with Crippen molar-refractivity contribution in [3.8, 4) is 5.75 Å². The maximum absolute atomic E-state index is 14.6. The fourth-order valence-electron chi connectivity index (χ4n) is 5.16. The fourth-order valence-corrected chi connectivity index (χ4v) is 5.16. The summed E-state index contributed by atoms with van der Waals surface area (Å²) in [4.78, 5) is 43.4. The SMILES string of the molecule is Cc1cccc(C)c1NC(=O)C(c1ccccc1)N(C(=O)C(Cc1ccc(O)cc1)NC(=O)OC(C)(C)C)C1CCC1. The highest BCUT2D eigenvalue weighted by atomic mass is 16.6. The number of aryl methyl sites for hydroxylation is 2. The molecule has 0 aromatic heterocycles. The normalized spacial score (nSPS) is 14.7. The summed E-state index contributed by atoms with van der Waals surface area (Å²) in [6, 6.07) is 19.5. The summed E-state index contributed by atoms with van der Waals surface area (Å²) >= 11 is 0. The predicted octanol–water partition coefficient (Wildman–Crippen LogP) is 6.21. The Kier molecular flexibility index (Phi) is 9.55. The zero-order chi connectivity index (χ0) is 30.4. The standard InChI is InChI=1S/C34H41N3O5/c1-22-11-9-12-23(2)29(22)36-31(39)30(25-13-7-6-8-14-25)37(26-15-10-16-26)32(40)28(35-33(41)42-34(3,4)5)21-24-17-19-27(38)20-18-24/h6-9,11-14,17-20,26,28,30,38H,10,15-16,21H2,1-5H3,(H,35,41)(H,36,39). The number of hydrogen-bond donors (Lipinski definition) is 3. The van der Waals surface area contributed by atoms with Crippen molar-refractivity contribution in [2.45, 2.75) is 84.0 Å². The van der Waals surface area contributed by atoms with Gasteiger partial charge >= 0.3 is 6.09 Å². The molecule has 4 rings (SSSR count). The number of nitrogens with one attached hydrogen (secondary N) is 2. The average Bonchev–Trinajstić information content (AvgIpc) is 2.89. The van der Waals surface area contributed by atoms with Crippen LogP contribution in [0.2, 0.25) is 0 Å². The van der Waals surface area contributed by atoms with E-state index in [0.717, 1.165) is 41.6 Å². The molecule has 3 aromatic carbocycles. The number of hydrogen-bond acceptors (Lipinski definition) is 5. The number of alkyl carbamates (subject to hydrolysis) is 1. The van der Waals surface area contributed by atoms with Crippen LogP contribution >= 0.6 is 0 Å². The predicted molar refractivity (Wildman–Crippen MR) is 163 cm³/mol. The highest BCUT2D eigenvalue weighted by molar-refractivity contribution is 6.00. The number of anilines is 1. The Balaban J connectivity index is 1.74. The lowest BCUT2D eigenvalue weighted by atomic mass is 9.87. The average molecular weight is 572 g/mol. The van der Waals surface area contributed by atoms with Crippen LogP contribution in [0, 0.1) is 13.8 Å². The number of carbonyl (C=O) groups is 3. The molecular formula is C34H41N3O5. The molecule has 8 nitrogen and oxygen atoms in total. The van der Waals surface area contributed by atoms with E-state index in [9.17, 15) is 19.5 Å². The van der Waals surface area contributed by atoms with Crippen LogP contribution in [-0.4, -0.2) is 45.6 Å². The Morgan fingerprint density at radius 3 is 2.10 bits per heavy atom. The van der Waals surface area contributed by atoms with Crippen LogP contribution in [0.15, 0.2) is 72.8 Å². The first-order valence-electron chi connectivity index (χ1n) is 14.4. The molecule has 3 aromatic rings. The Morgan fingerprint density at radius 2 is 1.55 bits per heavy atom. The van der Waals surface area contributed by atoms with Crippen LogP contribution < -0.4 is 10.6 Å². The van der Waals surface area contributed by atoms with Crippen molar-refractivity contribution in [2.24, 2.45) is 0 Å². The Bertz CT molecular complexity index is 1370. The Hall–Kier alpha value is -4.33. The van der Waals surface area contributed by atoms with Gasteiger partial charge in [0.2, 0.25) is 5.91 Å². The summed E-state index contributed by atoms with van der Waals surface area (Å²) in [7, 11) is 0. The van der Waals surface area contributed by atoms with Crippen molar-refractivity contribution in [1.29, 1.82) is 0 Å². The van der Waals surface area contributed by atoms with Gasteiger partial charge < -0.3 is 25.4 Å². The molecule has 0 spiro atoms. The fraction of sp³-hybridized carbons (Fsp3) is 0.382. The minimum absolute atomic E-state index is 0.102. The molecule has 1 aliphatic carbocycles. The smallest absolute Gasteiger partial charge is 0.408 e. The van der Waals surface area contributed by atoms with Gasteiger partial charge in [-0.15, -0.1) is 0 Å². The molecule has 0 aliphatic heterocycles. The van der Waals surface area contributed by atoms with E-state index in [0.29, 0.717) is 5.56 Å². The topological polar surface area (TPSA) is 108 Å². The number of phenols is 1. The molecule has 8 heteroatoms. The quantitative estimate of drug-likeness (QED) is 0.283. The second-order valence-corrected chi connectivity index (χ2v) is 12.0. The largest absolute Gasteiger partial charge is 0.508 e. The van der Waals surface area contributed by atoms with Gasteiger partial charge in [-0.25, -0.2) is 4.79 Å². The zero-order valence-electron chi connectivity index (χ0n) is 25.0. The third-order valence-corrected chi connectivity index (χ3v) is 7.46.